The van der Waals surface area contributed by atoms with Crippen LogP contribution in [0.4, 0.5) is 0 Å². The van der Waals surface area contributed by atoms with Gasteiger partial charge in [0.05, 0.1) is 13.0 Å². The highest BCUT2D eigenvalue weighted by Gasteiger charge is 2.56. The molecule has 3 nitrogen and oxygen atoms in total. The minimum atomic E-state index is -0.168. The van der Waals surface area contributed by atoms with Gasteiger partial charge in [-0.25, -0.2) is 0 Å². The Balaban J connectivity index is 2.31. The van der Waals surface area contributed by atoms with Gasteiger partial charge in [0.25, 0.3) is 0 Å². The summed E-state index contributed by atoms with van der Waals surface area (Å²) in [6.45, 7) is 4.02. The van der Waals surface area contributed by atoms with Gasteiger partial charge >= 0.3 is 5.97 Å². The van der Waals surface area contributed by atoms with Crippen LogP contribution in [0, 0.1) is 23.2 Å². The van der Waals surface area contributed by atoms with Crippen molar-refractivity contribution in [1.29, 1.82) is 0 Å². The van der Waals surface area contributed by atoms with Gasteiger partial charge in [0.15, 0.2) is 0 Å². The van der Waals surface area contributed by atoms with E-state index in [1.807, 2.05) is 6.92 Å². The van der Waals surface area contributed by atoms with Gasteiger partial charge < -0.3 is 4.74 Å². The minimum Gasteiger partial charge on any atom is -0.469 e. The smallest absolute Gasteiger partial charge is 0.309 e. The molecule has 0 aromatic heterocycles. The van der Waals surface area contributed by atoms with Crippen LogP contribution in [0.5, 0.6) is 0 Å². The Labute approximate surface area is 90.2 Å². The lowest BCUT2D eigenvalue weighted by Crippen LogP contribution is -2.54. The van der Waals surface area contributed by atoms with Crippen LogP contribution in [0.3, 0.4) is 0 Å². The molecule has 15 heavy (non-hydrogen) atoms. The van der Waals surface area contributed by atoms with E-state index in [-0.39, 0.29) is 29.1 Å². The molecule has 0 aliphatic heterocycles. The standard InChI is InChI=1S/C12H18O3/c1-7-10(13)8-4-5-12(7,2)9(6-8)11(14)15-3/h7-9H,4-6H2,1-3H3/t7-,8?,9-,12-/m1/s1. The predicted octanol–water partition coefficient (Wildman–Crippen LogP) is 1.80. The Morgan fingerprint density at radius 2 is 2.20 bits per heavy atom. The summed E-state index contributed by atoms with van der Waals surface area (Å²) in [6.07, 6.45) is 2.63. The van der Waals surface area contributed by atoms with Crippen LogP contribution in [-0.2, 0) is 14.3 Å². The monoisotopic (exact) mass is 210 g/mol. The molecule has 2 bridgehead atoms. The number of ether oxygens (including phenoxy) is 1. The van der Waals surface area contributed by atoms with Crippen molar-refractivity contribution in [2.24, 2.45) is 23.2 Å². The van der Waals surface area contributed by atoms with Crippen molar-refractivity contribution >= 4 is 11.8 Å². The number of rotatable bonds is 1. The summed E-state index contributed by atoms with van der Waals surface area (Å²) in [5.74, 6) is 0.249. The van der Waals surface area contributed by atoms with Crippen molar-refractivity contribution in [3.63, 3.8) is 0 Å². The molecule has 0 spiro atoms. The van der Waals surface area contributed by atoms with Crippen molar-refractivity contribution in [2.45, 2.75) is 33.1 Å². The SMILES string of the molecule is COC(=O)[C@H]1CC2CC[C@]1(C)[C@H](C)C2=O. The Bertz CT molecular complexity index is 310. The van der Waals surface area contributed by atoms with E-state index in [2.05, 4.69) is 6.92 Å². The molecular weight excluding hydrogens is 192 g/mol. The lowest BCUT2D eigenvalue weighted by atomic mass is 9.51. The first-order chi connectivity index (χ1) is 7.00. The number of carbonyl (C=O) groups is 2. The van der Waals surface area contributed by atoms with Gasteiger partial charge in [0.2, 0.25) is 0 Å². The Morgan fingerprint density at radius 1 is 1.53 bits per heavy atom. The Morgan fingerprint density at radius 3 is 2.80 bits per heavy atom. The number of methoxy groups -OCH3 is 1. The fourth-order valence-corrected chi connectivity index (χ4v) is 3.29. The molecule has 3 fully saturated rings. The second kappa shape index (κ2) is 3.32. The average Bonchev–Trinajstić information content (AvgIpc) is 2.24. The third-order valence-electron chi connectivity index (χ3n) is 4.65. The summed E-state index contributed by atoms with van der Waals surface area (Å²) >= 11 is 0. The van der Waals surface area contributed by atoms with Gasteiger partial charge in [-0.3, -0.25) is 9.59 Å². The van der Waals surface area contributed by atoms with E-state index in [1.54, 1.807) is 0 Å². The van der Waals surface area contributed by atoms with Gasteiger partial charge in [-0.05, 0) is 24.7 Å². The molecule has 84 valence electrons. The summed E-state index contributed by atoms with van der Waals surface area (Å²) in [7, 11) is 1.43. The first-order valence-electron chi connectivity index (χ1n) is 5.62. The molecule has 0 radical (unpaired) electrons. The van der Waals surface area contributed by atoms with Gasteiger partial charge in [0, 0.05) is 11.8 Å². The minimum absolute atomic E-state index is 0.00843. The number of carbonyl (C=O) groups excluding carboxylic acids is 2. The van der Waals surface area contributed by atoms with E-state index in [9.17, 15) is 9.59 Å². The summed E-state index contributed by atoms with van der Waals surface area (Å²) < 4.78 is 4.84. The molecule has 3 rings (SSSR count). The van der Waals surface area contributed by atoms with Crippen LogP contribution in [0.2, 0.25) is 0 Å². The Hall–Kier alpha value is -0.860. The van der Waals surface area contributed by atoms with Crippen molar-refractivity contribution in [3.8, 4) is 0 Å². The molecule has 0 aromatic carbocycles. The predicted molar refractivity (Wildman–Crippen MR) is 55.1 cm³/mol. The van der Waals surface area contributed by atoms with E-state index in [0.29, 0.717) is 12.2 Å². The number of hydrogen-bond donors (Lipinski definition) is 0. The lowest BCUT2D eigenvalue weighted by molar-refractivity contribution is -0.166. The van der Waals surface area contributed by atoms with E-state index in [0.717, 1.165) is 12.8 Å². The van der Waals surface area contributed by atoms with Crippen LogP contribution in [-0.4, -0.2) is 18.9 Å². The first-order valence-corrected chi connectivity index (χ1v) is 5.62. The normalized spacial score (nSPS) is 44.2. The number of Topliss-reactive ketones (excluding diaryl/α,β-unsaturated/α-hetero) is 1. The van der Waals surface area contributed by atoms with Crippen LogP contribution in [0.15, 0.2) is 0 Å². The zero-order chi connectivity index (χ0) is 11.2. The summed E-state index contributed by atoms with van der Waals surface area (Å²) in [5.41, 5.74) is -0.168. The van der Waals surface area contributed by atoms with Crippen LogP contribution in [0.1, 0.15) is 33.1 Å². The molecule has 3 aliphatic carbocycles. The van der Waals surface area contributed by atoms with Crippen LogP contribution >= 0.6 is 0 Å². The molecule has 3 saturated carbocycles. The molecule has 0 saturated heterocycles. The van der Waals surface area contributed by atoms with E-state index in [4.69, 9.17) is 4.74 Å². The number of ketones is 1. The van der Waals surface area contributed by atoms with Crippen LogP contribution in [0.25, 0.3) is 0 Å². The first kappa shape index (κ1) is 10.7. The van der Waals surface area contributed by atoms with E-state index in [1.165, 1.54) is 7.11 Å². The third kappa shape index (κ3) is 1.32. The largest absolute Gasteiger partial charge is 0.469 e. The van der Waals surface area contributed by atoms with Crippen molar-refractivity contribution in [1.82, 2.24) is 0 Å². The van der Waals surface area contributed by atoms with Crippen molar-refractivity contribution < 1.29 is 14.3 Å². The quantitative estimate of drug-likeness (QED) is 0.620. The summed E-state index contributed by atoms with van der Waals surface area (Å²) in [4.78, 5) is 23.6. The Kier molecular flexibility index (Phi) is 2.36. The molecule has 0 heterocycles. The number of fused-ring (bicyclic) bond motifs is 3. The van der Waals surface area contributed by atoms with Crippen LogP contribution < -0.4 is 0 Å². The van der Waals surface area contributed by atoms with Gasteiger partial charge in [0.1, 0.15) is 5.78 Å². The van der Waals surface area contributed by atoms with Gasteiger partial charge in [-0.15, -0.1) is 0 Å². The fraction of sp³-hybridized carbons (Fsp3) is 0.833. The lowest BCUT2D eigenvalue weighted by Gasteiger charge is -2.51. The zero-order valence-electron chi connectivity index (χ0n) is 9.58. The highest BCUT2D eigenvalue weighted by molar-refractivity contribution is 5.88. The maximum Gasteiger partial charge on any atom is 0.309 e. The fourth-order valence-electron chi connectivity index (χ4n) is 3.29. The maximum atomic E-state index is 11.9. The molecule has 0 amide bonds. The third-order valence-corrected chi connectivity index (χ3v) is 4.65. The number of esters is 1. The molecule has 3 heteroatoms. The van der Waals surface area contributed by atoms with E-state index < -0.39 is 0 Å². The molecular formula is C12H18O3. The molecule has 3 aliphatic rings. The highest BCUT2D eigenvalue weighted by Crippen LogP contribution is 2.55. The molecule has 1 unspecified atom stereocenters. The molecule has 0 N–H and O–H groups in total. The second-order valence-corrected chi connectivity index (χ2v) is 5.18. The maximum absolute atomic E-state index is 11.9. The van der Waals surface area contributed by atoms with Crippen molar-refractivity contribution in [2.75, 3.05) is 7.11 Å². The average molecular weight is 210 g/mol. The zero-order valence-corrected chi connectivity index (χ0v) is 9.58. The second-order valence-electron chi connectivity index (χ2n) is 5.18. The summed E-state index contributed by atoms with van der Waals surface area (Å²) in [6, 6.07) is 0. The number of hydrogen-bond acceptors (Lipinski definition) is 3. The highest BCUT2D eigenvalue weighted by atomic mass is 16.5. The van der Waals surface area contributed by atoms with Gasteiger partial charge in [-0.1, -0.05) is 13.8 Å². The summed E-state index contributed by atoms with van der Waals surface area (Å²) in [5, 5.41) is 0. The van der Waals surface area contributed by atoms with Crippen molar-refractivity contribution in [3.05, 3.63) is 0 Å². The van der Waals surface area contributed by atoms with E-state index >= 15 is 0 Å². The van der Waals surface area contributed by atoms with Gasteiger partial charge in [-0.2, -0.15) is 0 Å². The molecule has 4 atom stereocenters. The topological polar surface area (TPSA) is 43.4 Å². The molecule has 0 aromatic rings.